The number of rotatable bonds is 3. The van der Waals surface area contributed by atoms with E-state index in [0.717, 1.165) is 30.2 Å². The summed E-state index contributed by atoms with van der Waals surface area (Å²) in [6.45, 7) is 2.09. The Kier molecular flexibility index (Phi) is 4.56. The Bertz CT molecular complexity index is 826. The van der Waals surface area contributed by atoms with Crippen LogP contribution in [-0.2, 0) is 11.2 Å². The lowest BCUT2D eigenvalue weighted by Crippen LogP contribution is -2.30. The van der Waals surface area contributed by atoms with E-state index in [9.17, 15) is 9.59 Å². The van der Waals surface area contributed by atoms with Crippen molar-refractivity contribution >= 4 is 29.0 Å². The van der Waals surface area contributed by atoms with E-state index in [-0.39, 0.29) is 11.8 Å². The molecule has 1 aromatic heterocycles. The zero-order chi connectivity index (χ0) is 17.9. The van der Waals surface area contributed by atoms with Crippen molar-refractivity contribution < 1.29 is 9.59 Å². The van der Waals surface area contributed by atoms with E-state index in [1.165, 1.54) is 19.3 Å². The van der Waals surface area contributed by atoms with Gasteiger partial charge in [0.15, 0.2) is 0 Å². The van der Waals surface area contributed by atoms with Crippen molar-refractivity contribution in [2.45, 2.75) is 32.1 Å². The summed E-state index contributed by atoms with van der Waals surface area (Å²) in [5, 5.41) is 5.72. The van der Waals surface area contributed by atoms with Crippen molar-refractivity contribution in [3.8, 4) is 0 Å². The summed E-state index contributed by atoms with van der Waals surface area (Å²) in [5.41, 5.74) is 3.06. The highest BCUT2D eigenvalue weighted by Crippen LogP contribution is 2.24. The van der Waals surface area contributed by atoms with Gasteiger partial charge in [-0.2, -0.15) is 0 Å². The molecule has 2 aromatic rings. The fourth-order valence-corrected chi connectivity index (χ4v) is 3.50. The van der Waals surface area contributed by atoms with E-state index in [1.807, 2.05) is 18.2 Å². The quantitative estimate of drug-likeness (QED) is 0.891. The van der Waals surface area contributed by atoms with Crippen molar-refractivity contribution in [3.63, 3.8) is 0 Å². The highest BCUT2D eigenvalue weighted by Gasteiger charge is 2.17. The minimum absolute atomic E-state index is 0.0228. The maximum Gasteiger partial charge on any atom is 0.255 e. The van der Waals surface area contributed by atoms with Crippen molar-refractivity contribution in [1.29, 1.82) is 0 Å². The molecule has 4 rings (SSSR count). The van der Waals surface area contributed by atoms with E-state index >= 15 is 0 Å². The normalized spacial score (nSPS) is 16.6. The smallest absolute Gasteiger partial charge is 0.255 e. The maximum atomic E-state index is 12.5. The third-order valence-electron chi connectivity index (χ3n) is 4.95. The summed E-state index contributed by atoms with van der Waals surface area (Å²) in [6.07, 6.45) is 6.53. The number of hydrogen-bond acceptors (Lipinski definition) is 4. The Balaban J connectivity index is 1.44. The lowest BCUT2D eigenvalue weighted by molar-refractivity contribution is -0.116. The van der Waals surface area contributed by atoms with E-state index in [4.69, 9.17) is 0 Å². The van der Waals surface area contributed by atoms with E-state index in [2.05, 4.69) is 20.5 Å². The van der Waals surface area contributed by atoms with Crippen LogP contribution < -0.4 is 15.5 Å². The second-order valence-electron chi connectivity index (χ2n) is 6.83. The molecule has 1 aromatic carbocycles. The van der Waals surface area contributed by atoms with Gasteiger partial charge in [-0.1, -0.05) is 0 Å². The Morgan fingerprint density at radius 1 is 1.08 bits per heavy atom. The largest absolute Gasteiger partial charge is 0.357 e. The SMILES string of the molecule is O=C1CCc2cc(C(=O)Nc3ccc(N4CCCCC4)nc3)ccc2N1. The Morgan fingerprint density at radius 2 is 1.92 bits per heavy atom. The molecule has 2 aliphatic rings. The predicted octanol–water partition coefficient (Wildman–Crippen LogP) is 3.21. The Morgan fingerprint density at radius 3 is 2.69 bits per heavy atom. The van der Waals surface area contributed by atoms with E-state index in [0.29, 0.717) is 24.1 Å². The molecule has 1 fully saturated rings. The van der Waals surface area contributed by atoms with Gasteiger partial charge < -0.3 is 15.5 Å². The van der Waals surface area contributed by atoms with Crippen LogP contribution in [0.1, 0.15) is 41.6 Å². The fraction of sp³-hybridized carbons (Fsp3) is 0.350. The molecule has 0 bridgehead atoms. The van der Waals surface area contributed by atoms with Gasteiger partial charge in [0.05, 0.1) is 11.9 Å². The van der Waals surface area contributed by atoms with Gasteiger partial charge >= 0.3 is 0 Å². The number of pyridine rings is 1. The number of carbonyl (C=O) groups is 2. The summed E-state index contributed by atoms with van der Waals surface area (Å²) in [5.74, 6) is 0.819. The van der Waals surface area contributed by atoms with Crippen LogP contribution in [0.5, 0.6) is 0 Å². The minimum Gasteiger partial charge on any atom is -0.357 e. The number of nitrogens with zero attached hydrogens (tertiary/aromatic N) is 2. The van der Waals surface area contributed by atoms with Gasteiger partial charge in [0.1, 0.15) is 5.82 Å². The van der Waals surface area contributed by atoms with Crippen LogP contribution in [0.2, 0.25) is 0 Å². The molecule has 0 spiro atoms. The first-order chi connectivity index (χ1) is 12.7. The number of aryl methyl sites for hydroxylation is 1. The number of amides is 2. The van der Waals surface area contributed by atoms with Crippen molar-refractivity contribution in [2.75, 3.05) is 28.6 Å². The summed E-state index contributed by atoms with van der Waals surface area (Å²) >= 11 is 0. The van der Waals surface area contributed by atoms with Crippen LogP contribution in [0.15, 0.2) is 36.5 Å². The molecule has 1 saturated heterocycles. The molecule has 6 nitrogen and oxygen atoms in total. The number of nitrogens with one attached hydrogen (secondary N) is 2. The van der Waals surface area contributed by atoms with E-state index in [1.54, 1.807) is 18.3 Å². The molecule has 6 heteroatoms. The molecule has 3 heterocycles. The van der Waals surface area contributed by atoms with Gasteiger partial charge in [0.25, 0.3) is 5.91 Å². The van der Waals surface area contributed by atoms with E-state index < -0.39 is 0 Å². The number of piperidine rings is 1. The second kappa shape index (κ2) is 7.15. The first kappa shape index (κ1) is 16.6. The molecule has 2 aliphatic heterocycles. The predicted molar refractivity (Wildman–Crippen MR) is 102 cm³/mol. The molecule has 0 aliphatic carbocycles. The number of hydrogen-bond donors (Lipinski definition) is 2. The first-order valence-electron chi connectivity index (χ1n) is 9.14. The molecule has 0 unspecified atom stereocenters. The number of aromatic nitrogens is 1. The average molecular weight is 350 g/mol. The Hall–Kier alpha value is -2.89. The Labute approximate surface area is 152 Å². The highest BCUT2D eigenvalue weighted by atomic mass is 16.2. The standard InChI is InChI=1S/C20H22N4O2/c25-19-9-5-14-12-15(4-7-17(14)23-19)20(26)22-16-6-8-18(21-13-16)24-10-2-1-3-11-24/h4,6-8,12-13H,1-3,5,9-11H2,(H,22,26)(H,23,25). The van der Waals surface area contributed by atoms with Crippen molar-refractivity contribution in [3.05, 3.63) is 47.7 Å². The molecular weight excluding hydrogens is 328 g/mol. The topological polar surface area (TPSA) is 74.3 Å². The summed E-state index contributed by atoms with van der Waals surface area (Å²) in [4.78, 5) is 30.7. The monoisotopic (exact) mass is 350 g/mol. The van der Waals surface area contributed by atoms with Crippen LogP contribution in [0.4, 0.5) is 17.2 Å². The molecule has 2 N–H and O–H groups in total. The van der Waals surface area contributed by atoms with Crippen molar-refractivity contribution in [1.82, 2.24) is 4.98 Å². The third kappa shape index (κ3) is 3.54. The van der Waals surface area contributed by atoms with Crippen LogP contribution in [0, 0.1) is 0 Å². The lowest BCUT2D eigenvalue weighted by atomic mass is 10.00. The van der Waals surface area contributed by atoms with Gasteiger partial charge in [-0.25, -0.2) is 4.98 Å². The van der Waals surface area contributed by atoms with Crippen LogP contribution in [-0.4, -0.2) is 29.9 Å². The van der Waals surface area contributed by atoms with Crippen LogP contribution >= 0.6 is 0 Å². The molecule has 26 heavy (non-hydrogen) atoms. The van der Waals surface area contributed by atoms with Gasteiger partial charge in [-0.05, 0) is 61.6 Å². The van der Waals surface area contributed by atoms with Crippen LogP contribution in [0.3, 0.4) is 0 Å². The lowest BCUT2D eigenvalue weighted by Gasteiger charge is -2.27. The maximum absolute atomic E-state index is 12.5. The number of anilines is 3. The zero-order valence-corrected chi connectivity index (χ0v) is 14.6. The van der Waals surface area contributed by atoms with Crippen LogP contribution in [0.25, 0.3) is 0 Å². The summed E-state index contributed by atoms with van der Waals surface area (Å²) in [6, 6.07) is 9.23. The van der Waals surface area contributed by atoms with Crippen molar-refractivity contribution in [2.24, 2.45) is 0 Å². The number of benzene rings is 1. The minimum atomic E-state index is -0.169. The van der Waals surface area contributed by atoms with Gasteiger partial charge in [-0.3, -0.25) is 9.59 Å². The summed E-state index contributed by atoms with van der Waals surface area (Å²) in [7, 11) is 0. The highest BCUT2D eigenvalue weighted by molar-refractivity contribution is 6.05. The second-order valence-corrected chi connectivity index (χ2v) is 6.83. The molecular formula is C20H22N4O2. The van der Waals surface area contributed by atoms with Gasteiger partial charge in [0, 0.05) is 30.8 Å². The number of fused-ring (bicyclic) bond motifs is 1. The average Bonchev–Trinajstić information content (AvgIpc) is 2.69. The zero-order valence-electron chi connectivity index (χ0n) is 14.6. The molecule has 0 radical (unpaired) electrons. The first-order valence-corrected chi connectivity index (χ1v) is 9.14. The summed E-state index contributed by atoms with van der Waals surface area (Å²) < 4.78 is 0. The molecule has 134 valence electrons. The van der Waals surface area contributed by atoms with Gasteiger partial charge in [-0.15, -0.1) is 0 Å². The molecule has 0 saturated carbocycles. The molecule has 2 amide bonds. The molecule has 0 atom stereocenters. The fourth-order valence-electron chi connectivity index (χ4n) is 3.50. The third-order valence-corrected chi connectivity index (χ3v) is 4.95. The number of carbonyl (C=O) groups excluding carboxylic acids is 2. The van der Waals surface area contributed by atoms with Gasteiger partial charge in [0.2, 0.25) is 5.91 Å².